The maximum atomic E-state index is 11.9. The van der Waals surface area contributed by atoms with Crippen LogP contribution in [0.5, 0.6) is 5.75 Å². The Morgan fingerprint density at radius 3 is 2.17 bits per heavy atom. The molecule has 10 heteroatoms. The van der Waals surface area contributed by atoms with Crippen molar-refractivity contribution in [3.8, 4) is 5.75 Å². The maximum absolute atomic E-state index is 11.9. The van der Waals surface area contributed by atoms with Crippen LogP contribution in [0.4, 0.5) is 13.2 Å². The lowest BCUT2D eigenvalue weighted by atomic mass is 10.3. The molecule has 0 heterocycles. The van der Waals surface area contributed by atoms with Crippen molar-refractivity contribution < 1.29 is 31.1 Å². The van der Waals surface area contributed by atoms with Gasteiger partial charge in [-0.2, -0.15) is 0 Å². The first kappa shape index (κ1) is 14.6. The number of benzene rings is 1. The summed E-state index contributed by atoms with van der Waals surface area (Å²) in [6, 6.07) is 3.38. The number of halogens is 3. The van der Waals surface area contributed by atoms with E-state index in [-0.39, 0.29) is 4.90 Å². The largest absolute Gasteiger partial charge is 0.573 e. The average Bonchev–Trinajstić information content (AvgIpc) is 2.26. The molecule has 0 fully saturated rings. The minimum atomic E-state index is -4.86. The third-order valence-corrected chi connectivity index (χ3v) is 3.96. The maximum Gasteiger partial charge on any atom is 0.573 e. The van der Waals surface area contributed by atoms with Gasteiger partial charge in [-0.15, -0.1) is 18.0 Å². The van der Waals surface area contributed by atoms with Gasteiger partial charge >= 0.3 is 10.7 Å². The highest BCUT2D eigenvalue weighted by Crippen LogP contribution is 2.24. The summed E-state index contributed by atoms with van der Waals surface area (Å²) in [5.74, 6) is -0.567. The van der Waals surface area contributed by atoms with E-state index in [4.69, 9.17) is 5.53 Å². The van der Waals surface area contributed by atoms with Crippen molar-refractivity contribution in [2.45, 2.75) is 11.3 Å². The van der Waals surface area contributed by atoms with Gasteiger partial charge in [0.05, 0.1) is 4.90 Å². The molecule has 0 bridgehead atoms. The Balaban J connectivity index is 3.08. The summed E-state index contributed by atoms with van der Waals surface area (Å²) < 4.78 is 61.3. The van der Waals surface area contributed by atoms with Gasteiger partial charge in [0, 0.05) is 0 Å². The fourth-order valence-electron chi connectivity index (χ4n) is 0.980. The lowest BCUT2D eigenvalue weighted by Crippen LogP contribution is -2.17. The standard InChI is InChI=1S/C8H5F3N2O3S2/c9-8(10,11)16-5-1-3-6(4-2-5)18(14,15)7(17)13-12/h1-4,17H. The second-order valence-electron chi connectivity index (χ2n) is 2.91. The van der Waals surface area contributed by atoms with Crippen LogP contribution >= 0.6 is 12.6 Å². The normalized spacial score (nSPS) is 11.8. The summed E-state index contributed by atoms with van der Waals surface area (Å²) in [6.07, 6.45) is -4.86. The van der Waals surface area contributed by atoms with Crippen LogP contribution < -0.4 is 4.74 Å². The Morgan fingerprint density at radius 1 is 1.28 bits per heavy atom. The molecule has 0 aliphatic carbocycles. The van der Waals surface area contributed by atoms with Crippen LogP contribution in [-0.4, -0.2) is 23.9 Å². The van der Waals surface area contributed by atoms with E-state index in [2.05, 4.69) is 22.2 Å². The molecule has 0 unspecified atom stereocenters. The Kier molecular flexibility index (Phi) is 4.05. The fourth-order valence-corrected chi connectivity index (χ4v) is 2.11. The summed E-state index contributed by atoms with van der Waals surface area (Å²) in [7, 11) is -4.12. The zero-order chi connectivity index (χ0) is 14.0. The van der Waals surface area contributed by atoms with Crippen molar-refractivity contribution >= 4 is 26.8 Å². The van der Waals surface area contributed by atoms with Crippen LogP contribution in [0.25, 0.3) is 5.53 Å². The highest BCUT2D eigenvalue weighted by molar-refractivity contribution is 8.27. The molecule has 98 valence electrons. The molecule has 1 aromatic rings. The molecule has 0 N–H and O–H groups in total. The molecule has 0 atom stereocenters. The number of nitrogens with zero attached hydrogens (tertiary/aromatic N) is 2. The van der Waals surface area contributed by atoms with Gasteiger partial charge in [0.25, 0.3) is 9.84 Å². The van der Waals surface area contributed by atoms with Gasteiger partial charge in [-0.3, -0.25) is 0 Å². The molecule has 0 radical (unpaired) electrons. The molecule has 0 spiro atoms. The van der Waals surface area contributed by atoms with E-state index in [1.165, 1.54) is 0 Å². The second-order valence-corrected chi connectivity index (χ2v) is 5.50. The summed E-state index contributed by atoms with van der Waals surface area (Å²) in [4.78, 5) is 2.02. The van der Waals surface area contributed by atoms with Gasteiger partial charge in [0.15, 0.2) is 0 Å². The van der Waals surface area contributed by atoms with Crippen LogP contribution in [0.3, 0.4) is 0 Å². The van der Waals surface area contributed by atoms with Crippen molar-refractivity contribution in [3.63, 3.8) is 0 Å². The Bertz CT molecular complexity index is 589. The van der Waals surface area contributed by atoms with Gasteiger partial charge in [0.1, 0.15) is 5.75 Å². The number of hydrogen-bond donors (Lipinski definition) is 1. The van der Waals surface area contributed by atoms with E-state index in [0.29, 0.717) is 0 Å². The molecule has 1 rings (SSSR count). The number of ether oxygens (including phenoxy) is 1. The zero-order valence-corrected chi connectivity index (χ0v) is 10.1. The van der Waals surface area contributed by atoms with Crippen LogP contribution in [0.1, 0.15) is 0 Å². The van der Waals surface area contributed by atoms with Crippen molar-refractivity contribution in [2.24, 2.45) is 0 Å². The Hall–Kier alpha value is -1.51. The summed E-state index contributed by atoms with van der Waals surface area (Å²) in [5, 5.41) is 0. The highest BCUT2D eigenvalue weighted by atomic mass is 32.2. The molecule has 0 aromatic heterocycles. The van der Waals surface area contributed by atoms with Crippen molar-refractivity contribution in [1.29, 1.82) is 0 Å². The van der Waals surface area contributed by atoms with E-state index in [9.17, 15) is 21.6 Å². The molecule has 0 saturated carbocycles. The van der Waals surface area contributed by atoms with Gasteiger partial charge in [0.2, 0.25) is 0 Å². The van der Waals surface area contributed by atoms with E-state index in [1.807, 2.05) is 0 Å². The molecular weight excluding hydrogens is 293 g/mol. The highest BCUT2D eigenvalue weighted by Gasteiger charge is 2.32. The smallest absolute Gasteiger partial charge is 0.406 e. The van der Waals surface area contributed by atoms with E-state index in [1.54, 1.807) is 0 Å². The molecule has 18 heavy (non-hydrogen) atoms. The number of rotatable bonds is 2. The predicted molar refractivity (Wildman–Crippen MR) is 57.9 cm³/mol. The molecule has 0 amide bonds. The van der Waals surface area contributed by atoms with Crippen molar-refractivity contribution in [3.05, 3.63) is 29.8 Å². The van der Waals surface area contributed by atoms with Crippen LogP contribution in [0, 0.1) is 0 Å². The zero-order valence-electron chi connectivity index (χ0n) is 8.42. The number of alkyl halides is 3. The van der Waals surface area contributed by atoms with Crippen molar-refractivity contribution in [2.75, 3.05) is 0 Å². The average molecular weight is 298 g/mol. The monoisotopic (exact) mass is 298 g/mol. The van der Waals surface area contributed by atoms with E-state index >= 15 is 0 Å². The first-order valence-electron chi connectivity index (χ1n) is 4.19. The van der Waals surface area contributed by atoms with Gasteiger partial charge in [-0.05, 0) is 36.9 Å². The van der Waals surface area contributed by atoms with Crippen LogP contribution in [0.15, 0.2) is 29.2 Å². The first-order valence-corrected chi connectivity index (χ1v) is 6.12. The Labute approximate surface area is 105 Å². The summed E-state index contributed by atoms with van der Waals surface area (Å²) in [6.45, 7) is 0. The van der Waals surface area contributed by atoms with Gasteiger partial charge < -0.3 is 10.3 Å². The number of thiol groups is 1. The van der Waals surface area contributed by atoms with Gasteiger partial charge in [-0.25, -0.2) is 8.42 Å². The molecule has 0 aliphatic heterocycles. The molecule has 0 saturated heterocycles. The molecular formula is C8H5F3N2O3S2. The molecule has 1 aromatic carbocycles. The van der Waals surface area contributed by atoms with E-state index in [0.717, 1.165) is 24.3 Å². The molecule has 5 nitrogen and oxygen atoms in total. The first-order chi connectivity index (χ1) is 8.16. The van der Waals surface area contributed by atoms with Crippen LogP contribution in [-0.2, 0) is 9.84 Å². The third kappa shape index (κ3) is 3.49. The Morgan fingerprint density at radius 2 is 1.78 bits per heavy atom. The number of sulfone groups is 1. The van der Waals surface area contributed by atoms with E-state index < -0.39 is 26.3 Å². The molecule has 0 aliphatic rings. The second kappa shape index (κ2) is 5.01. The fraction of sp³-hybridized carbons (Fsp3) is 0.125. The topological polar surface area (TPSA) is 79.8 Å². The van der Waals surface area contributed by atoms with Crippen molar-refractivity contribution in [1.82, 2.24) is 0 Å². The lowest BCUT2D eigenvalue weighted by molar-refractivity contribution is -0.274. The number of hydrogen-bond acceptors (Lipinski definition) is 3. The predicted octanol–water partition coefficient (Wildman–Crippen LogP) is 1.87. The third-order valence-electron chi connectivity index (χ3n) is 1.69. The minimum absolute atomic E-state index is 0.375. The van der Waals surface area contributed by atoms with Crippen LogP contribution in [0.2, 0.25) is 0 Å². The minimum Gasteiger partial charge on any atom is -0.406 e. The SMILES string of the molecule is [N-]=[N+]=C(S)S(=O)(=O)c1ccc(OC(F)(F)F)cc1. The summed E-state index contributed by atoms with van der Waals surface area (Å²) >= 11 is 3.42. The lowest BCUT2D eigenvalue weighted by Gasteiger charge is -2.08. The summed E-state index contributed by atoms with van der Waals surface area (Å²) in [5.41, 5.74) is 8.30. The van der Waals surface area contributed by atoms with Gasteiger partial charge in [-0.1, -0.05) is 0 Å². The quantitative estimate of drug-likeness (QED) is 0.297.